The molecule has 0 bridgehead atoms. The first-order valence-electron chi connectivity index (χ1n) is 7.83. The molecule has 0 saturated carbocycles. The maximum absolute atomic E-state index is 5.83. The highest BCUT2D eigenvalue weighted by Crippen LogP contribution is 2.18. The van der Waals surface area contributed by atoms with E-state index in [9.17, 15) is 0 Å². The molecule has 1 heterocycles. The maximum Gasteiger partial charge on any atom is 0.191 e. The fourth-order valence-electron chi connectivity index (χ4n) is 2.21. The highest BCUT2D eigenvalue weighted by molar-refractivity contribution is 5.79. The predicted octanol–water partition coefficient (Wildman–Crippen LogP) is 2.74. The lowest BCUT2D eigenvalue weighted by atomic mass is 10.1. The third-order valence-electron chi connectivity index (χ3n) is 3.20. The van der Waals surface area contributed by atoms with E-state index in [1.54, 1.807) is 0 Å². The smallest absolute Gasteiger partial charge is 0.191 e. The molecule has 116 valence electrons. The van der Waals surface area contributed by atoms with E-state index < -0.39 is 0 Å². The third-order valence-corrected chi connectivity index (χ3v) is 3.20. The highest BCUT2D eigenvalue weighted by atomic mass is 16.5. The molecule has 0 aliphatic carbocycles. The third kappa shape index (κ3) is 6.06. The van der Waals surface area contributed by atoms with Crippen molar-refractivity contribution in [2.24, 2.45) is 4.99 Å². The molecule has 0 unspecified atom stereocenters. The minimum Gasteiger partial charge on any atom is -0.488 e. The van der Waals surface area contributed by atoms with Gasteiger partial charge in [0.15, 0.2) is 5.96 Å². The Morgan fingerprint density at radius 3 is 2.67 bits per heavy atom. The van der Waals surface area contributed by atoms with Gasteiger partial charge in [-0.1, -0.05) is 12.1 Å². The summed E-state index contributed by atoms with van der Waals surface area (Å²) in [5.41, 5.74) is 1.16. The average molecular weight is 289 g/mol. The first kappa shape index (κ1) is 15.7. The zero-order chi connectivity index (χ0) is 15.1. The molecule has 0 amide bonds. The minimum absolute atomic E-state index is 0.146. The number of hydrogen-bond donors (Lipinski definition) is 2. The van der Waals surface area contributed by atoms with Crippen LogP contribution in [0.25, 0.3) is 0 Å². The van der Waals surface area contributed by atoms with Crippen LogP contribution in [0.1, 0.15) is 39.2 Å². The molecule has 0 aromatic heterocycles. The van der Waals surface area contributed by atoms with Crippen LogP contribution < -0.4 is 15.4 Å². The summed E-state index contributed by atoms with van der Waals surface area (Å²) in [6, 6.07) is 8.35. The van der Waals surface area contributed by atoms with Crippen molar-refractivity contribution in [2.75, 3.05) is 19.6 Å². The van der Waals surface area contributed by atoms with E-state index in [2.05, 4.69) is 48.5 Å². The molecule has 1 aromatic rings. The average Bonchev–Trinajstić information content (AvgIpc) is 2.68. The van der Waals surface area contributed by atoms with Crippen LogP contribution in [0.5, 0.6) is 5.75 Å². The van der Waals surface area contributed by atoms with Crippen molar-refractivity contribution in [3.05, 3.63) is 29.8 Å². The Bertz CT molecular complexity index is 460. The van der Waals surface area contributed by atoms with Crippen molar-refractivity contribution in [3.63, 3.8) is 0 Å². The monoisotopic (exact) mass is 289 g/mol. The van der Waals surface area contributed by atoms with E-state index in [1.165, 1.54) is 18.4 Å². The van der Waals surface area contributed by atoms with Gasteiger partial charge in [0.1, 0.15) is 11.4 Å². The second kappa shape index (κ2) is 7.34. The molecule has 0 fully saturated rings. The summed E-state index contributed by atoms with van der Waals surface area (Å²) in [5.74, 6) is 1.87. The molecule has 4 nitrogen and oxygen atoms in total. The van der Waals surface area contributed by atoms with Crippen LogP contribution in [0.4, 0.5) is 0 Å². The number of hydrogen-bond acceptors (Lipinski definition) is 4. The van der Waals surface area contributed by atoms with Crippen molar-refractivity contribution >= 4 is 5.96 Å². The molecular formula is C17H27N3O. The summed E-state index contributed by atoms with van der Waals surface area (Å²) in [4.78, 5) is 4.48. The van der Waals surface area contributed by atoms with E-state index in [0.29, 0.717) is 0 Å². The Hall–Kier alpha value is -1.71. The van der Waals surface area contributed by atoms with Gasteiger partial charge >= 0.3 is 0 Å². The molecule has 4 heteroatoms. The minimum atomic E-state index is -0.146. The normalized spacial score (nSPS) is 15.7. The first-order chi connectivity index (χ1) is 10.0. The van der Waals surface area contributed by atoms with Gasteiger partial charge in [-0.25, -0.2) is 0 Å². The standard InChI is InChI=1S/C17H27N3O/c1-17(2,3)21-15-8-6-14(7-9-15)10-13-20-16-18-11-4-5-12-19-16/h6-9H,4-5,10-13H2,1-3H3,(H2,18,19,20). The molecule has 2 N–H and O–H groups in total. The van der Waals surface area contributed by atoms with Crippen molar-refractivity contribution in [2.45, 2.75) is 45.6 Å². The van der Waals surface area contributed by atoms with Crippen LogP contribution in [0.15, 0.2) is 29.3 Å². The van der Waals surface area contributed by atoms with Gasteiger partial charge in [-0.2, -0.15) is 0 Å². The summed E-state index contributed by atoms with van der Waals surface area (Å²) < 4.78 is 5.83. The Kier molecular flexibility index (Phi) is 5.48. The molecule has 21 heavy (non-hydrogen) atoms. The van der Waals surface area contributed by atoms with Crippen LogP contribution in [-0.4, -0.2) is 31.2 Å². The number of guanidine groups is 1. The predicted molar refractivity (Wildman–Crippen MR) is 88.1 cm³/mol. The van der Waals surface area contributed by atoms with Gasteiger partial charge in [-0.05, 0) is 57.7 Å². The second-order valence-corrected chi connectivity index (χ2v) is 6.40. The number of benzene rings is 1. The van der Waals surface area contributed by atoms with Crippen LogP contribution >= 0.6 is 0 Å². The van der Waals surface area contributed by atoms with Gasteiger partial charge in [0.2, 0.25) is 0 Å². The van der Waals surface area contributed by atoms with Crippen molar-refractivity contribution in [1.82, 2.24) is 10.6 Å². The summed E-state index contributed by atoms with van der Waals surface area (Å²) in [7, 11) is 0. The van der Waals surface area contributed by atoms with Gasteiger partial charge in [-0.3, -0.25) is 4.99 Å². The van der Waals surface area contributed by atoms with Crippen LogP contribution in [0.3, 0.4) is 0 Å². The zero-order valence-electron chi connectivity index (χ0n) is 13.4. The lowest BCUT2D eigenvalue weighted by molar-refractivity contribution is 0.131. The molecule has 0 atom stereocenters. The van der Waals surface area contributed by atoms with Crippen LogP contribution in [0, 0.1) is 0 Å². The molecule has 0 saturated heterocycles. The zero-order valence-corrected chi connectivity index (χ0v) is 13.4. The number of nitrogens with one attached hydrogen (secondary N) is 2. The van der Waals surface area contributed by atoms with E-state index >= 15 is 0 Å². The van der Waals surface area contributed by atoms with E-state index in [4.69, 9.17) is 4.74 Å². The second-order valence-electron chi connectivity index (χ2n) is 6.40. The summed E-state index contributed by atoms with van der Waals surface area (Å²) in [6.45, 7) is 9.02. The van der Waals surface area contributed by atoms with Crippen LogP contribution in [-0.2, 0) is 6.42 Å². The number of rotatable bonds is 4. The van der Waals surface area contributed by atoms with Crippen molar-refractivity contribution in [3.8, 4) is 5.75 Å². The lowest BCUT2D eigenvalue weighted by Crippen LogP contribution is -2.38. The Morgan fingerprint density at radius 1 is 1.19 bits per heavy atom. The number of ether oxygens (including phenoxy) is 1. The fourth-order valence-corrected chi connectivity index (χ4v) is 2.21. The van der Waals surface area contributed by atoms with Gasteiger partial charge in [0.05, 0.1) is 0 Å². The molecule has 1 aliphatic heterocycles. The lowest BCUT2D eigenvalue weighted by Gasteiger charge is -2.21. The van der Waals surface area contributed by atoms with Gasteiger partial charge in [0.25, 0.3) is 0 Å². The SMILES string of the molecule is CC(C)(C)Oc1ccc(CCNC2=NCCCCN2)cc1. The van der Waals surface area contributed by atoms with Crippen LogP contribution in [0.2, 0.25) is 0 Å². The molecule has 2 rings (SSSR count). The van der Waals surface area contributed by atoms with E-state index in [0.717, 1.165) is 37.8 Å². The highest BCUT2D eigenvalue weighted by Gasteiger charge is 2.11. The quantitative estimate of drug-likeness (QED) is 0.896. The van der Waals surface area contributed by atoms with Crippen molar-refractivity contribution < 1.29 is 4.74 Å². The Morgan fingerprint density at radius 2 is 1.95 bits per heavy atom. The Balaban J connectivity index is 1.77. The number of aliphatic imine (C=N–C) groups is 1. The number of nitrogens with zero attached hydrogens (tertiary/aromatic N) is 1. The fraction of sp³-hybridized carbons (Fsp3) is 0.588. The Labute approximate surface area is 128 Å². The van der Waals surface area contributed by atoms with E-state index in [1.807, 2.05) is 12.1 Å². The largest absolute Gasteiger partial charge is 0.488 e. The van der Waals surface area contributed by atoms with Crippen molar-refractivity contribution in [1.29, 1.82) is 0 Å². The van der Waals surface area contributed by atoms with Gasteiger partial charge in [0, 0.05) is 19.6 Å². The topological polar surface area (TPSA) is 45.6 Å². The molecule has 0 radical (unpaired) electrons. The summed E-state index contributed by atoms with van der Waals surface area (Å²) in [5, 5.41) is 6.69. The van der Waals surface area contributed by atoms with Gasteiger partial charge in [-0.15, -0.1) is 0 Å². The molecule has 1 aliphatic rings. The first-order valence-corrected chi connectivity index (χ1v) is 7.83. The molecular weight excluding hydrogens is 262 g/mol. The molecule has 0 spiro atoms. The summed E-state index contributed by atoms with van der Waals surface area (Å²) in [6.07, 6.45) is 3.35. The van der Waals surface area contributed by atoms with E-state index in [-0.39, 0.29) is 5.60 Å². The maximum atomic E-state index is 5.83. The molecule has 1 aromatic carbocycles. The van der Waals surface area contributed by atoms with Gasteiger partial charge < -0.3 is 15.4 Å². The summed E-state index contributed by atoms with van der Waals surface area (Å²) >= 11 is 0.